The highest BCUT2D eigenvalue weighted by atomic mass is 127. The topological polar surface area (TPSA) is 66.0 Å². The highest BCUT2D eigenvalue weighted by molar-refractivity contribution is 14.0. The number of aliphatic imine (C=N–C) groups is 1. The van der Waals surface area contributed by atoms with Crippen LogP contribution in [0.15, 0.2) is 4.99 Å². The predicted molar refractivity (Wildman–Crippen MR) is 113 cm³/mol. The second kappa shape index (κ2) is 10.4. The van der Waals surface area contributed by atoms with Gasteiger partial charge in [-0.25, -0.2) is 4.79 Å². The molecule has 1 aliphatic carbocycles. The van der Waals surface area contributed by atoms with E-state index < -0.39 is 5.60 Å². The van der Waals surface area contributed by atoms with Gasteiger partial charge < -0.3 is 20.3 Å². The first-order valence-corrected chi connectivity index (χ1v) is 9.39. The summed E-state index contributed by atoms with van der Waals surface area (Å²) >= 11 is 0. The molecule has 1 aliphatic heterocycles. The molecule has 0 aromatic carbocycles. The van der Waals surface area contributed by atoms with Gasteiger partial charge >= 0.3 is 6.09 Å². The molecule has 2 atom stereocenters. The van der Waals surface area contributed by atoms with E-state index in [0.717, 1.165) is 37.4 Å². The summed E-state index contributed by atoms with van der Waals surface area (Å²) in [4.78, 5) is 18.7. The summed E-state index contributed by atoms with van der Waals surface area (Å²) < 4.78 is 5.23. The minimum atomic E-state index is -0.464. The van der Waals surface area contributed by atoms with Gasteiger partial charge in [0.1, 0.15) is 5.60 Å². The smallest absolute Gasteiger partial charge is 0.407 e. The Labute approximate surface area is 169 Å². The Hall–Kier alpha value is -0.730. The van der Waals surface area contributed by atoms with Crippen LogP contribution in [0.4, 0.5) is 4.79 Å². The van der Waals surface area contributed by atoms with E-state index in [1.807, 2.05) is 20.8 Å². The van der Waals surface area contributed by atoms with Gasteiger partial charge in [-0.05, 0) is 52.4 Å². The first-order chi connectivity index (χ1) is 11.4. The van der Waals surface area contributed by atoms with Crippen molar-refractivity contribution < 1.29 is 9.53 Å². The summed E-state index contributed by atoms with van der Waals surface area (Å²) in [7, 11) is 0. The van der Waals surface area contributed by atoms with Gasteiger partial charge in [-0.1, -0.05) is 12.8 Å². The van der Waals surface area contributed by atoms with Crippen molar-refractivity contribution in [2.45, 2.75) is 59.0 Å². The van der Waals surface area contributed by atoms with Crippen molar-refractivity contribution >= 4 is 36.0 Å². The Morgan fingerprint density at radius 3 is 2.28 bits per heavy atom. The molecule has 1 saturated heterocycles. The Bertz CT molecular complexity index is 437. The van der Waals surface area contributed by atoms with Crippen molar-refractivity contribution in [3.63, 3.8) is 0 Å². The molecule has 25 heavy (non-hydrogen) atoms. The highest BCUT2D eigenvalue weighted by Gasteiger charge is 2.35. The first-order valence-electron chi connectivity index (χ1n) is 9.39. The lowest BCUT2D eigenvalue weighted by molar-refractivity contribution is 0.0529. The zero-order valence-corrected chi connectivity index (χ0v) is 18.5. The largest absolute Gasteiger partial charge is 0.444 e. The van der Waals surface area contributed by atoms with Crippen molar-refractivity contribution in [1.29, 1.82) is 0 Å². The van der Waals surface area contributed by atoms with Gasteiger partial charge in [0, 0.05) is 26.2 Å². The fraction of sp³-hybridized carbons (Fsp3) is 0.889. The lowest BCUT2D eigenvalue weighted by atomic mass is 9.82. The Balaban J connectivity index is 0.00000312. The molecule has 1 heterocycles. The molecule has 0 radical (unpaired) electrons. The van der Waals surface area contributed by atoms with Crippen LogP contribution in [0.1, 0.15) is 53.4 Å². The molecule has 2 unspecified atom stereocenters. The van der Waals surface area contributed by atoms with Crippen LogP contribution in [0.3, 0.4) is 0 Å². The van der Waals surface area contributed by atoms with Crippen molar-refractivity contribution in [3.8, 4) is 0 Å². The Morgan fingerprint density at radius 2 is 1.76 bits per heavy atom. The average Bonchev–Trinajstić information content (AvgIpc) is 2.92. The van der Waals surface area contributed by atoms with Gasteiger partial charge in [0.2, 0.25) is 0 Å². The average molecular weight is 466 g/mol. The number of rotatable bonds is 4. The predicted octanol–water partition coefficient (Wildman–Crippen LogP) is 3.22. The van der Waals surface area contributed by atoms with Crippen molar-refractivity contribution in [2.75, 3.05) is 32.7 Å². The number of carbonyl (C=O) groups is 1. The standard InChI is InChI=1S/C18H34N4O2.HI/c1-5-19-16(20-10-11-21-17(23)24-18(2,3)4)22-12-14-8-6-7-9-15(14)13-22;/h14-15H,5-13H2,1-4H3,(H,19,20)(H,21,23);1H. The quantitative estimate of drug-likeness (QED) is 0.289. The van der Waals surface area contributed by atoms with Gasteiger partial charge in [-0.2, -0.15) is 0 Å². The van der Waals surface area contributed by atoms with E-state index in [4.69, 9.17) is 4.74 Å². The van der Waals surface area contributed by atoms with E-state index in [9.17, 15) is 4.79 Å². The van der Waals surface area contributed by atoms with Crippen LogP contribution in [0.25, 0.3) is 0 Å². The number of alkyl carbamates (subject to hydrolysis) is 1. The summed E-state index contributed by atoms with van der Waals surface area (Å²) in [5.41, 5.74) is -0.464. The van der Waals surface area contributed by atoms with Crippen LogP contribution in [0.5, 0.6) is 0 Å². The molecular formula is C18H35IN4O2. The fourth-order valence-corrected chi connectivity index (χ4v) is 3.64. The van der Waals surface area contributed by atoms with Crippen LogP contribution in [-0.2, 0) is 4.74 Å². The number of nitrogens with zero attached hydrogens (tertiary/aromatic N) is 2. The van der Waals surface area contributed by atoms with E-state index in [2.05, 4.69) is 27.4 Å². The molecular weight excluding hydrogens is 431 g/mol. The number of guanidine groups is 1. The summed E-state index contributed by atoms with van der Waals surface area (Å²) in [6.07, 6.45) is 5.10. The molecule has 2 N–H and O–H groups in total. The van der Waals surface area contributed by atoms with E-state index in [0.29, 0.717) is 13.1 Å². The summed E-state index contributed by atoms with van der Waals surface area (Å²) in [5, 5.41) is 6.16. The SMILES string of the molecule is CCNC(=NCCNC(=O)OC(C)(C)C)N1CC2CCCCC2C1.I. The van der Waals surface area contributed by atoms with E-state index in [-0.39, 0.29) is 30.1 Å². The first kappa shape index (κ1) is 22.3. The fourth-order valence-electron chi connectivity index (χ4n) is 3.64. The van der Waals surface area contributed by atoms with Gasteiger partial charge in [-0.15, -0.1) is 24.0 Å². The molecule has 0 aromatic heterocycles. The van der Waals surface area contributed by atoms with Crippen LogP contribution in [0, 0.1) is 11.8 Å². The van der Waals surface area contributed by atoms with E-state index in [1.54, 1.807) is 0 Å². The van der Waals surface area contributed by atoms with Crippen molar-refractivity contribution in [3.05, 3.63) is 0 Å². The van der Waals surface area contributed by atoms with Crippen LogP contribution in [-0.4, -0.2) is 55.3 Å². The number of ether oxygens (including phenoxy) is 1. The minimum absolute atomic E-state index is 0. The Morgan fingerprint density at radius 1 is 1.16 bits per heavy atom. The van der Waals surface area contributed by atoms with Crippen LogP contribution < -0.4 is 10.6 Å². The zero-order chi connectivity index (χ0) is 17.6. The van der Waals surface area contributed by atoms with Crippen LogP contribution >= 0.6 is 24.0 Å². The summed E-state index contributed by atoms with van der Waals surface area (Å²) in [6.45, 7) is 11.8. The Kier molecular flexibility index (Phi) is 9.30. The minimum Gasteiger partial charge on any atom is -0.444 e. The van der Waals surface area contributed by atoms with E-state index in [1.165, 1.54) is 25.7 Å². The normalized spacial score (nSPS) is 23.5. The number of hydrogen-bond acceptors (Lipinski definition) is 3. The third-order valence-corrected chi connectivity index (χ3v) is 4.65. The number of amides is 1. The molecule has 1 saturated carbocycles. The molecule has 146 valence electrons. The lowest BCUT2D eigenvalue weighted by Gasteiger charge is -2.22. The molecule has 2 aliphatic rings. The third kappa shape index (κ3) is 7.58. The van der Waals surface area contributed by atoms with Gasteiger partial charge in [-0.3, -0.25) is 4.99 Å². The maximum Gasteiger partial charge on any atom is 0.407 e. The number of nitrogens with one attached hydrogen (secondary N) is 2. The van der Waals surface area contributed by atoms with Gasteiger partial charge in [0.05, 0.1) is 6.54 Å². The van der Waals surface area contributed by atoms with Gasteiger partial charge in [0.25, 0.3) is 0 Å². The molecule has 2 rings (SSSR count). The lowest BCUT2D eigenvalue weighted by Crippen LogP contribution is -2.41. The number of hydrogen-bond donors (Lipinski definition) is 2. The van der Waals surface area contributed by atoms with Crippen molar-refractivity contribution in [1.82, 2.24) is 15.5 Å². The molecule has 7 heteroatoms. The molecule has 2 fully saturated rings. The molecule has 0 aromatic rings. The van der Waals surface area contributed by atoms with Crippen LogP contribution in [0.2, 0.25) is 0 Å². The second-order valence-electron chi connectivity index (χ2n) is 7.87. The van der Waals surface area contributed by atoms with E-state index >= 15 is 0 Å². The van der Waals surface area contributed by atoms with Gasteiger partial charge in [0.15, 0.2) is 5.96 Å². The number of carbonyl (C=O) groups excluding carboxylic acids is 1. The molecule has 0 spiro atoms. The zero-order valence-electron chi connectivity index (χ0n) is 16.1. The molecule has 0 bridgehead atoms. The maximum atomic E-state index is 11.6. The van der Waals surface area contributed by atoms with Crippen molar-refractivity contribution in [2.24, 2.45) is 16.8 Å². The number of halogens is 1. The third-order valence-electron chi connectivity index (χ3n) is 4.65. The monoisotopic (exact) mass is 466 g/mol. The number of fused-ring (bicyclic) bond motifs is 1. The highest BCUT2D eigenvalue weighted by Crippen LogP contribution is 2.35. The summed E-state index contributed by atoms with van der Waals surface area (Å²) in [6, 6.07) is 0. The maximum absolute atomic E-state index is 11.6. The molecule has 6 nitrogen and oxygen atoms in total. The second-order valence-corrected chi connectivity index (χ2v) is 7.87. The number of likely N-dealkylation sites (tertiary alicyclic amines) is 1. The summed E-state index contributed by atoms with van der Waals surface area (Å²) in [5.74, 6) is 2.66. The molecule has 1 amide bonds.